The molecule has 0 aromatic heterocycles. The molecule has 110 valence electrons. The lowest BCUT2D eigenvalue weighted by atomic mass is 10.1. The minimum atomic E-state index is -0.282. The third-order valence-electron chi connectivity index (χ3n) is 3.32. The average molecular weight is 283 g/mol. The number of esters is 1. The van der Waals surface area contributed by atoms with E-state index in [4.69, 9.17) is 4.74 Å². The van der Waals surface area contributed by atoms with E-state index in [9.17, 15) is 4.79 Å². The molecule has 0 saturated carbocycles. The molecule has 0 fully saturated rings. The van der Waals surface area contributed by atoms with Crippen molar-refractivity contribution in [2.45, 2.75) is 26.8 Å². The molecule has 0 aliphatic carbocycles. The summed E-state index contributed by atoms with van der Waals surface area (Å²) < 4.78 is 4.97. The largest absolute Gasteiger partial charge is 0.462 e. The molecule has 1 atom stereocenters. The van der Waals surface area contributed by atoms with Gasteiger partial charge in [-0.15, -0.1) is 0 Å². The van der Waals surface area contributed by atoms with Crippen molar-refractivity contribution in [2.75, 3.05) is 11.9 Å². The lowest BCUT2D eigenvalue weighted by Crippen LogP contribution is -2.08. The van der Waals surface area contributed by atoms with E-state index >= 15 is 0 Å². The predicted octanol–water partition coefficient (Wildman–Crippen LogP) is 4.34. The Morgan fingerprint density at radius 2 is 1.90 bits per heavy atom. The number of aryl methyl sites for hydroxylation is 1. The Morgan fingerprint density at radius 1 is 1.19 bits per heavy atom. The van der Waals surface area contributed by atoms with Gasteiger partial charge in [-0.1, -0.05) is 29.8 Å². The zero-order valence-corrected chi connectivity index (χ0v) is 12.7. The van der Waals surface area contributed by atoms with E-state index < -0.39 is 0 Å². The molecular formula is C18H21NO2. The van der Waals surface area contributed by atoms with Gasteiger partial charge in [-0.25, -0.2) is 4.79 Å². The van der Waals surface area contributed by atoms with Crippen LogP contribution in [-0.4, -0.2) is 12.6 Å². The summed E-state index contributed by atoms with van der Waals surface area (Å²) in [5.74, 6) is -0.282. The lowest BCUT2D eigenvalue weighted by Gasteiger charge is -2.16. The number of anilines is 1. The highest BCUT2D eigenvalue weighted by molar-refractivity contribution is 5.89. The Morgan fingerprint density at radius 3 is 2.52 bits per heavy atom. The summed E-state index contributed by atoms with van der Waals surface area (Å²) in [6.07, 6.45) is 0. The van der Waals surface area contributed by atoms with Crippen molar-refractivity contribution in [3.63, 3.8) is 0 Å². The fraction of sp³-hybridized carbons (Fsp3) is 0.278. The molecule has 0 bridgehead atoms. The molecule has 21 heavy (non-hydrogen) atoms. The molecule has 0 saturated heterocycles. The molecule has 2 aromatic carbocycles. The Balaban J connectivity index is 2.04. The zero-order chi connectivity index (χ0) is 15.2. The quantitative estimate of drug-likeness (QED) is 0.829. The molecule has 1 unspecified atom stereocenters. The van der Waals surface area contributed by atoms with E-state index in [0.717, 1.165) is 5.69 Å². The van der Waals surface area contributed by atoms with Crippen molar-refractivity contribution < 1.29 is 9.53 Å². The number of nitrogens with one attached hydrogen (secondary N) is 1. The number of carbonyl (C=O) groups excluding carboxylic acids is 1. The van der Waals surface area contributed by atoms with Gasteiger partial charge in [0, 0.05) is 11.7 Å². The number of hydrogen-bond acceptors (Lipinski definition) is 3. The molecule has 3 heteroatoms. The molecule has 0 aliphatic rings. The van der Waals surface area contributed by atoms with Gasteiger partial charge in [-0.2, -0.15) is 0 Å². The molecule has 0 spiro atoms. The molecule has 0 aliphatic heterocycles. The van der Waals surface area contributed by atoms with Gasteiger partial charge in [0.1, 0.15) is 0 Å². The van der Waals surface area contributed by atoms with Crippen LogP contribution < -0.4 is 5.32 Å². The summed E-state index contributed by atoms with van der Waals surface area (Å²) in [6, 6.07) is 16.0. The van der Waals surface area contributed by atoms with E-state index in [1.54, 1.807) is 19.1 Å². The maximum atomic E-state index is 11.6. The van der Waals surface area contributed by atoms with Crippen LogP contribution in [0.25, 0.3) is 0 Å². The second kappa shape index (κ2) is 6.93. The van der Waals surface area contributed by atoms with Crippen LogP contribution >= 0.6 is 0 Å². The maximum Gasteiger partial charge on any atom is 0.338 e. The summed E-state index contributed by atoms with van der Waals surface area (Å²) in [6.45, 7) is 6.40. The first-order valence-electron chi connectivity index (χ1n) is 7.20. The van der Waals surface area contributed by atoms with E-state index in [1.807, 2.05) is 12.1 Å². The van der Waals surface area contributed by atoms with Gasteiger partial charge < -0.3 is 10.1 Å². The molecule has 0 radical (unpaired) electrons. The molecule has 2 aromatic rings. The number of hydrogen-bond donors (Lipinski definition) is 1. The fourth-order valence-corrected chi connectivity index (χ4v) is 2.19. The Labute approximate surface area is 126 Å². The fourth-order valence-electron chi connectivity index (χ4n) is 2.19. The molecule has 3 nitrogen and oxygen atoms in total. The maximum absolute atomic E-state index is 11.6. The van der Waals surface area contributed by atoms with Crippen LogP contribution in [0.1, 0.15) is 41.4 Å². The van der Waals surface area contributed by atoms with Crippen molar-refractivity contribution in [3.05, 3.63) is 65.2 Å². The normalized spacial score (nSPS) is 11.8. The van der Waals surface area contributed by atoms with E-state index in [0.29, 0.717) is 12.2 Å². The van der Waals surface area contributed by atoms with Crippen molar-refractivity contribution >= 4 is 11.7 Å². The van der Waals surface area contributed by atoms with E-state index in [2.05, 4.69) is 43.4 Å². The molecule has 2 rings (SSSR count). The molecule has 0 amide bonds. The zero-order valence-electron chi connectivity index (χ0n) is 12.7. The SMILES string of the molecule is CCOC(=O)c1ccc(NC(C)c2cccc(C)c2)cc1. The number of ether oxygens (including phenoxy) is 1. The minimum Gasteiger partial charge on any atom is -0.462 e. The van der Waals surface area contributed by atoms with Crippen LogP contribution in [0.4, 0.5) is 5.69 Å². The van der Waals surface area contributed by atoms with E-state index in [1.165, 1.54) is 11.1 Å². The first-order valence-corrected chi connectivity index (χ1v) is 7.20. The smallest absolute Gasteiger partial charge is 0.338 e. The van der Waals surface area contributed by atoms with Gasteiger partial charge in [0.25, 0.3) is 0 Å². The molecule has 1 N–H and O–H groups in total. The van der Waals surface area contributed by atoms with Crippen LogP contribution in [-0.2, 0) is 4.74 Å². The Bertz CT molecular complexity index is 605. The van der Waals surface area contributed by atoms with Crippen LogP contribution in [0.15, 0.2) is 48.5 Å². The van der Waals surface area contributed by atoms with Gasteiger partial charge in [0.05, 0.1) is 12.2 Å². The number of rotatable bonds is 5. The summed E-state index contributed by atoms with van der Waals surface area (Å²) in [4.78, 5) is 11.6. The summed E-state index contributed by atoms with van der Waals surface area (Å²) in [7, 11) is 0. The molecule has 0 heterocycles. The highest BCUT2D eigenvalue weighted by Gasteiger charge is 2.08. The highest BCUT2D eigenvalue weighted by Crippen LogP contribution is 2.20. The summed E-state index contributed by atoms with van der Waals surface area (Å²) in [5, 5.41) is 3.43. The van der Waals surface area contributed by atoms with Crippen LogP contribution in [0, 0.1) is 6.92 Å². The van der Waals surface area contributed by atoms with Gasteiger partial charge in [-0.3, -0.25) is 0 Å². The highest BCUT2D eigenvalue weighted by atomic mass is 16.5. The number of carbonyl (C=O) groups is 1. The second-order valence-electron chi connectivity index (χ2n) is 5.08. The van der Waals surface area contributed by atoms with Crippen LogP contribution in [0.2, 0.25) is 0 Å². The second-order valence-corrected chi connectivity index (χ2v) is 5.08. The predicted molar refractivity (Wildman–Crippen MR) is 85.6 cm³/mol. The van der Waals surface area contributed by atoms with Crippen LogP contribution in [0.3, 0.4) is 0 Å². The first kappa shape index (κ1) is 15.1. The lowest BCUT2D eigenvalue weighted by molar-refractivity contribution is 0.0526. The topological polar surface area (TPSA) is 38.3 Å². The van der Waals surface area contributed by atoms with Crippen molar-refractivity contribution in [3.8, 4) is 0 Å². The third kappa shape index (κ3) is 4.09. The Hall–Kier alpha value is -2.29. The van der Waals surface area contributed by atoms with Crippen LogP contribution in [0.5, 0.6) is 0 Å². The Kier molecular flexibility index (Phi) is 4.99. The van der Waals surface area contributed by atoms with Crippen molar-refractivity contribution in [1.82, 2.24) is 0 Å². The standard InChI is InChI=1S/C18H21NO2/c1-4-21-18(20)15-8-10-17(11-9-15)19-14(3)16-7-5-6-13(2)12-16/h5-12,14,19H,4H2,1-3H3. The van der Waals surface area contributed by atoms with Gasteiger partial charge >= 0.3 is 5.97 Å². The average Bonchev–Trinajstić information content (AvgIpc) is 2.48. The minimum absolute atomic E-state index is 0.207. The first-order chi connectivity index (χ1) is 10.1. The third-order valence-corrected chi connectivity index (χ3v) is 3.32. The molecular weight excluding hydrogens is 262 g/mol. The summed E-state index contributed by atoms with van der Waals surface area (Å²) >= 11 is 0. The van der Waals surface area contributed by atoms with E-state index in [-0.39, 0.29) is 12.0 Å². The monoisotopic (exact) mass is 283 g/mol. The van der Waals surface area contributed by atoms with Gasteiger partial charge in [0.2, 0.25) is 0 Å². The van der Waals surface area contributed by atoms with Crippen molar-refractivity contribution in [1.29, 1.82) is 0 Å². The number of benzene rings is 2. The van der Waals surface area contributed by atoms with Gasteiger partial charge in [-0.05, 0) is 50.6 Å². The summed E-state index contributed by atoms with van der Waals surface area (Å²) in [5.41, 5.74) is 4.05. The van der Waals surface area contributed by atoms with Crippen molar-refractivity contribution in [2.24, 2.45) is 0 Å². The van der Waals surface area contributed by atoms with Gasteiger partial charge in [0.15, 0.2) is 0 Å².